The number of pyridine rings is 1. The molecule has 1 heterocycles. The fourth-order valence-corrected chi connectivity index (χ4v) is 0.640. The van der Waals surface area contributed by atoms with E-state index < -0.39 is 0 Å². The maximum Gasteiger partial charge on any atom is 0.233 e. The van der Waals surface area contributed by atoms with Gasteiger partial charge in [-0.1, -0.05) is 11.6 Å². The third kappa shape index (κ3) is 1.50. The Bertz CT molecular complexity index is 224. The molecule has 0 aliphatic rings. The minimum absolute atomic E-state index is 0.316. The number of carbonyl (C=O) groups excluding carboxylic acids is 1. The number of hydrogen-bond acceptors (Lipinski definition) is 2. The first-order valence-electron chi connectivity index (χ1n) is 2.32. The van der Waals surface area contributed by atoms with E-state index in [-0.39, 0.29) is 0 Å². The van der Waals surface area contributed by atoms with E-state index in [0.717, 1.165) is 0 Å². The predicted octanol–water partition coefficient (Wildman–Crippen LogP) is 1.19. The molecule has 0 saturated carbocycles. The molecule has 45 valence electrons. The van der Waals surface area contributed by atoms with Crippen molar-refractivity contribution in [1.29, 1.82) is 0 Å². The van der Waals surface area contributed by atoms with Crippen LogP contribution in [0.15, 0.2) is 18.3 Å². The third-order valence-electron chi connectivity index (χ3n) is 0.844. The van der Waals surface area contributed by atoms with Gasteiger partial charge in [-0.3, -0.25) is 4.79 Å². The summed E-state index contributed by atoms with van der Waals surface area (Å²) in [5.74, 6) is 0. The smallest absolute Gasteiger partial charge is 0.233 e. The molecule has 1 aromatic heterocycles. The Labute approximate surface area is 57.5 Å². The van der Waals surface area contributed by atoms with E-state index in [1.54, 1.807) is 12.4 Å². The quantitative estimate of drug-likeness (QED) is 0.549. The van der Waals surface area contributed by atoms with Gasteiger partial charge in [0.15, 0.2) is 0 Å². The van der Waals surface area contributed by atoms with Crippen LogP contribution in [0.3, 0.4) is 0 Å². The van der Waals surface area contributed by atoms with Gasteiger partial charge in [0.05, 0.1) is 0 Å². The zero-order valence-corrected chi connectivity index (χ0v) is 5.22. The minimum atomic E-state index is 0.316. The summed E-state index contributed by atoms with van der Waals surface area (Å²) >= 11 is 5.43. The SMILES string of the molecule is O=[C]c1ccnc(Cl)c1. The van der Waals surface area contributed by atoms with Gasteiger partial charge in [0.25, 0.3) is 0 Å². The predicted molar refractivity (Wildman–Crippen MR) is 34.0 cm³/mol. The number of halogens is 1. The van der Waals surface area contributed by atoms with E-state index in [0.29, 0.717) is 10.7 Å². The van der Waals surface area contributed by atoms with Gasteiger partial charge in [0, 0.05) is 11.8 Å². The van der Waals surface area contributed by atoms with Crippen LogP contribution in [0.1, 0.15) is 5.56 Å². The lowest BCUT2D eigenvalue weighted by Gasteiger charge is -1.86. The third-order valence-corrected chi connectivity index (χ3v) is 1.05. The van der Waals surface area contributed by atoms with Crippen molar-refractivity contribution in [1.82, 2.24) is 4.98 Å². The average Bonchev–Trinajstić information content (AvgIpc) is 1.88. The summed E-state index contributed by atoms with van der Waals surface area (Å²) in [4.78, 5) is 13.6. The van der Waals surface area contributed by atoms with E-state index >= 15 is 0 Å². The van der Waals surface area contributed by atoms with E-state index in [4.69, 9.17) is 11.6 Å². The average molecular weight is 141 g/mol. The zero-order valence-electron chi connectivity index (χ0n) is 4.47. The first-order chi connectivity index (χ1) is 4.33. The van der Waals surface area contributed by atoms with Gasteiger partial charge in [0.1, 0.15) is 5.15 Å². The van der Waals surface area contributed by atoms with Crippen LogP contribution in [0.5, 0.6) is 0 Å². The molecule has 1 rings (SSSR count). The number of rotatable bonds is 1. The van der Waals surface area contributed by atoms with Crippen molar-refractivity contribution in [3.8, 4) is 0 Å². The highest BCUT2D eigenvalue weighted by Crippen LogP contribution is 2.03. The Hall–Kier alpha value is -0.890. The van der Waals surface area contributed by atoms with Crippen LogP contribution in [-0.4, -0.2) is 11.3 Å². The number of nitrogens with zero attached hydrogens (tertiary/aromatic N) is 1. The van der Waals surface area contributed by atoms with E-state index in [1.165, 1.54) is 12.3 Å². The van der Waals surface area contributed by atoms with Crippen LogP contribution in [0, 0.1) is 0 Å². The van der Waals surface area contributed by atoms with Gasteiger partial charge < -0.3 is 0 Å². The van der Waals surface area contributed by atoms with Crippen molar-refractivity contribution >= 4 is 17.9 Å². The van der Waals surface area contributed by atoms with Crippen LogP contribution in [0.4, 0.5) is 0 Å². The summed E-state index contributed by atoms with van der Waals surface area (Å²) in [5.41, 5.74) is 0.426. The van der Waals surface area contributed by atoms with E-state index in [1.807, 2.05) is 0 Å². The molecule has 1 aromatic rings. The molecule has 0 aliphatic carbocycles. The second-order valence-electron chi connectivity index (χ2n) is 1.47. The van der Waals surface area contributed by atoms with Gasteiger partial charge in [-0.2, -0.15) is 0 Å². The van der Waals surface area contributed by atoms with Crippen molar-refractivity contribution < 1.29 is 4.79 Å². The van der Waals surface area contributed by atoms with E-state index in [2.05, 4.69) is 4.98 Å². The normalized spacial score (nSPS) is 9.00. The maximum atomic E-state index is 9.95. The van der Waals surface area contributed by atoms with Gasteiger partial charge in [-0.05, 0) is 12.1 Å². The zero-order chi connectivity index (χ0) is 6.69. The molecule has 0 spiro atoms. The summed E-state index contributed by atoms with van der Waals surface area (Å²) in [6.07, 6.45) is 3.15. The largest absolute Gasteiger partial charge is 0.285 e. The maximum absolute atomic E-state index is 9.95. The van der Waals surface area contributed by atoms with Crippen LogP contribution in [-0.2, 0) is 4.79 Å². The summed E-state index contributed by atoms with van der Waals surface area (Å²) in [6.45, 7) is 0. The Morgan fingerprint density at radius 1 is 1.67 bits per heavy atom. The fourth-order valence-electron chi connectivity index (χ4n) is 0.466. The van der Waals surface area contributed by atoms with E-state index in [9.17, 15) is 4.79 Å². The standard InChI is InChI=1S/C6H3ClNO/c7-6-3-5(4-9)1-2-8-6/h1-3H. The van der Waals surface area contributed by atoms with Crippen molar-refractivity contribution in [2.45, 2.75) is 0 Å². The summed E-state index contributed by atoms with van der Waals surface area (Å²) in [5, 5.41) is 0.316. The van der Waals surface area contributed by atoms with Crippen LogP contribution >= 0.6 is 11.6 Å². The molecule has 1 radical (unpaired) electrons. The van der Waals surface area contributed by atoms with Crippen molar-refractivity contribution in [2.24, 2.45) is 0 Å². The lowest BCUT2D eigenvalue weighted by Crippen LogP contribution is -1.80. The number of hydrogen-bond donors (Lipinski definition) is 0. The van der Waals surface area contributed by atoms with Gasteiger partial charge in [-0.25, -0.2) is 4.98 Å². The molecule has 0 aromatic carbocycles. The molecule has 0 saturated heterocycles. The first kappa shape index (κ1) is 6.23. The lowest BCUT2D eigenvalue weighted by molar-refractivity contribution is 0.562. The molecule has 2 nitrogen and oxygen atoms in total. The topological polar surface area (TPSA) is 30.0 Å². The highest BCUT2D eigenvalue weighted by molar-refractivity contribution is 6.29. The van der Waals surface area contributed by atoms with Gasteiger partial charge in [0.2, 0.25) is 6.29 Å². The second kappa shape index (κ2) is 2.60. The molecular weight excluding hydrogens is 138 g/mol. The number of aromatic nitrogens is 1. The summed E-state index contributed by atoms with van der Waals surface area (Å²) in [6, 6.07) is 2.99. The molecular formula is C6H3ClNO. The van der Waals surface area contributed by atoms with Gasteiger partial charge in [-0.15, -0.1) is 0 Å². The Balaban J connectivity index is 3.07. The minimum Gasteiger partial charge on any atom is -0.285 e. The Morgan fingerprint density at radius 3 is 2.89 bits per heavy atom. The van der Waals surface area contributed by atoms with Crippen molar-refractivity contribution in [3.05, 3.63) is 29.0 Å². The first-order valence-corrected chi connectivity index (χ1v) is 2.70. The van der Waals surface area contributed by atoms with Crippen LogP contribution in [0.2, 0.25) is 5.15 Å². The summed E-state index contributed by atoms with van der Waals surface area (Å²) in [7, 11) is 0. The molecule has 0 fully saturated rings. The molecule has 0 N–H and O–H groups in total. The monoisotopic (exact) mass is 140 g/mol. The molecule has 0 atom stereocenters. The molecule has 0 amide bonds. The summed E-state index contributed by atoms with van der Waals surface area (Å²) < 4.78 is 0. The molecule has 0 unspecified atom stereocenters. The highest BCUT2D eigenvalue weighted by Gasteiger charge is 1.90. The molecule has 0 bridgehead atoms. The molecule has 9 heavy (non-hydrogen) atoms. The van der Waals surface area contributed by atoms with Crippen LogP contribution in [0.25, 0.3) is 0 Å². The molecule has 3 heteroatoms. The lowest BCUT2D eigenvalue weighted by atomic mass is 10.3. The highest BCUT2D eigenvalue weighted by atomic mass is 35.5. The Morgan fingerprint density at radius 2 is 2.44 bits per heavy atom. The second-order valence-corrected chi connectivity index (χ2v) is 1.86. The van der Waals surface area contributed by atoms with Gasteiger partial charge >= 0.3 is 0 Å². The Kier molecular flexibility index (Phi) is 1.80. The van der Waals surface area contributed by atoms with Crippen molar-refractivity contribution in [3.63, 3.8) is 0 Å². The van der Waals surface area contributed by atoms with Crippen molar-refractivity contribution in [2.75, 3.05) is 0 Å². The van der Waals surface area contributed by atoms with Crippen LogP contribution < -0.4 is 0 Å². The molecule has 0 aliphatic heterocycles. The fraction of sp³-hybridized carbons (Fsp3) is 0.